The van der Waals surface area contributed by atoms with Gasteiger partial charge in [0.2, 0.25) is 0 Å². The van der Waals surface area contributed by atoms with E-state index in [2.05, 4.69) is 0 Å². The number of ether oxygens (including phenoxy) is 1. The zero-order valence-corrected chi connectivity index (χ0v) is 12.9. The highest BCUT2D eigenvalue weighted by Gasteiger charge is 2.17. The van der Waals surface area contributed by atoms with E-state index in [0.29, 0.717) is 5.56 Å². The van der Waals surface area contributed by atoms with E-state index in [1.54, 1.807) is 7.11 Å². The zero-order chi connectivity index (χ0) is 15.4. The van der Waals surface area contributed by atoms with Crippen molar-refractivity contribution in [3.05, 3.63) is 70.8 Å². The predicted molar refractivity (Wildman–Crippen MR) is 86.8 cm³/mol. The molecule has 2 aromatic rings. The van der Waals surface area contributed by atoms with Crippen LogP contribution < -0.4 is 4.74 Å². The molecule has 0 aliphatic rings. The minimum Gasteiger partial charge on any atom is -0.497 e. The summed E-state index contributed by atoms with van der Waals surface area (Å²) in [6, 6.07) is 15.2. The lowest BCUT2D eigenvalue weighted by Gasteiger charge is -2.12. The average Bonchev–Trinajstić information content (AvgIpc) is 2.49. The van der Waals surface area contributed by atoms with E-state index >= 15 is 0 Å². The number of ketones is 1. The Labute approximate surface area is 126 Å². The molecule has 0 atom stereocenters. The second-order valence-electron chi connectivity index (χ2n) is 5.25. The molecule has 0 heterocycles. The maximum Gasteiger partial charge on any atom is 0.193 e. The van der Waals surface area contributed by atoms with Crippen LogP contribution in [0.4, 0.5) is 0 Å². The summed E-state index contributed by atoms with van der Waals surface area (Å²) in [5, 5.41) is 0. The van der Waals surface area contributed by atoms with Gasteiger partial charge in [0.05, 0.1) is 7.11 Å². The third kappa shape index (κ3) is 3.22. The fourth-order valence-electron chi connectivity index (χ4n) is 2.36. The molecule has 2 aromatic carbocycles. The highest BCUT2D eigenvalue weighted by Crippen LogP contribution is 2.26. The Hall–Kier alpha value is -2.35. The lowest BCUT2D eigenvalue weighted by Crippen LogP contribution is -2.06. The summed E-state index contributed by atoms with van der Waals surface area (Å²) >= 11 is 0. The number of benzene rings is 2. The van der Waals surface area contributed by atoms with Gasteiger partial charge >= 0.3 is 0 Å². The minimum atomic E-state index is 0.0481. The maximum atomic E-state index is 12.8. The van der Waals surface area contributed by atoms with Crippen LogP contribution in [0.15, 0.2) is 54.1 Å². The highest BCUT2D eigenvalue weighted by atomic mass is 16.5. The van der Waals surface area contributed by atoms with E-state index in [-0.39, 0.29) is 5.78 Å². The average molecular weight is 280 g/mol. The summed E-state index contributed by atoms with van der Waals surface area (Å²) < 4.78 is 5.14. The monoisotopic (exact) mass is 280 g/mol. The molecular weight excluding hydrogens is 260 g/mol. The molecule has 2 rings (SSSR count). The van der Waals surface area contributed by atoms with Crippen molar-refractivity contribution in [3.8, 4) is 5.75 Å². The van der Waals surface area contributed by atoms with Crippen LogP contribution in [-0.4, -0.2) is 12.9 Å². The van der Waals surface area contributed by atoms with E-state index in [0.717, 1.165) is 28.0 Å². The lowest BCUT2D eigenvalue weighted by atomic mass is 9.91. The van der Waals surface area contributed by atoms with Gasteiger partial charge in [0.1, 0.15) is 5.75 Å². The molecule has 0 fully saturated rings. The number of rotatable bonds is 4. The van der Waals surface area contributed by atoms with Crippen molar-refractivity contribution in [2.45, 2.75) is 20.8 Å². The fourth-order valence-corrected chi connectivity index (χ4v) is 2.36. The molecule has 0 bridgehead atoms. The molecular formula is C19H20O2. The Balaban J connectivity index is 2.47. The van der Waals surface area contributed by atoms with Crippen molar-refractivity contribution in [1.82, 2.24) is 0 Å². The van der Waals surface area contributed by atoms with Crippen molar-refractivity contribution >= 4 is 11.4 Å². The van der Waals surface area contributed by atoms with Crippen LogP contribution in [0, 0.1) is 6.92 Å². The fraction of sp³-hybridized carbons (Fsp3) is 0.211. The molecule has 21 heavy (non-hydrogen) atoms. The molecule has 2 heteroatoms. The molecule has 0 aliphatic carbocycles. The summed E-state index contributed by atoms with van der Waals surface area (Å²) in [7, 11) is 1.62. The number of allylic oxidation sites excluding steroid dienone is 2. The van der Waals surface area contributed by atoms with Crippen LogP contribution in [0.25, 0.3) is 5.57 Å². The summed E-state index contributed by atoms with van der Waals surface area (Å²) in [5.74, 6) is 0.799. The quantitative estimate of drug-likeness (QED) is 0.600. The SMILES string of the molecule is COc1ccc(C(=O)C(=C(C)C)c2ccccc2C)cc1. The number of carbonyl (C=O) groups excluding carboxylic acids is 1. The van der Waals surface area contributed by atoms with Crippen molar-refractivity contribution in [1.29, 1.82) is 0 Å². The van der Waals surface area contributed by atoms with Crippen molar-refractivity contribution in [2.75, 3.05) is 7.11 Å². The Morgan fingerprint density at radius 2 is 1.57 bits per heavy atom. The van der Waals surface area contributed by atoms with E-state index in [9.17, 15) is 4.79 Å². The van der Waals surface area contributed by atoms with Gasteiger partial charge in [-0.1, -0.05) is 29.8 Å². The van der Waals surface area contributed by atoms with E-state index in [1.807, 2.05) is 69.3 Å². The first-order valence-electron chi connectivity index (χ1n) is 6.97. The van der Waals surface area contributed by atoms with Crippen molar-refractivity contribution in [3.63, 3.8) is 0 Å². The van der Waals surface area contributed by atoms with Gasteiger partial charge in [0.15, 0.2) is 5.78 Å². The van der Waals surface area contributed by atoms with Gasteiger partial charge < -0.3 is 4.74 Å². The van der Waals surface area contributed by atoms with Crippen LogP contribution in [0.2, 0.25) is 0 Å². The van der Waals surface area contributed by atoms with Crippen molar-refractivity contribution < 1.29 is 9.53 Å². The Morgan fingerprint density at radius 1 is 0.952 bits per heavy atom. The van der Waals surface area contributed by atoms with E-state index < -0.39 is 0 Å². The molecule has 0 saturated heterocycles. The highest BCUT2D eigenvalue weighted by molar-refractivity contribution is 6.29. The van der Waals surface area contributed by atoms with Gasteiger partial charge in [-0.2, -0.15) is 0 Å². The third-order valence-corrected chi connectivity index (χ3v) is 3.49. The molecule has 0 radical (unpaired) electrons. The molecule has 0 N–H and O–H groups in total. The van der Waals surface area contributed by atoms with Crippen LogP contribution >= 0.6 is 0 Å². The van der Waals surface area contributed by atoms with Crippen LogP contribution in [0.1, 0.15) is 35.3 Å². The Kier molecular flexibility index (Phi) is 4.59. The molecule has 0 amide bonds. The molecule has 0 aliphatic heterocycles. The van der Waals surface area contributed by atoms with Gasteiger partial charge in [0.25, 0.3) is 0 Å². The van der Waals surface area contributed by atoms with Crippen LogP contribution in [0.3, 0.4) is 0 Å². The standard InChI is InChI=1S/C19H20O2/c1-13(2)18(17-8-6-5-7-14(17)3)19(20)15-9-11-16(21-4)12-10-15/h5-12H,1-4H3. The normalized spacial score (nSPS) is 10.1. The van der Waals surface area contributed by atoms with Gasteiger partial charge in [0, 0.05) is 11.1 Å². The molecule has 0 spiro atoms. The first-order chi connectivity index (χ1) is 10.0. The molecule has 108 valence electrons. The number of hydrogen-bond acceptors (Lipinski definition) is 2. The third-order valence-electron chi connectivity index (χ3n) is 3.49. The maximum absolute atomic E-state index is 12.8. The second-order valence-corrected chi connectivity index (χ2v) is 5.25. The number of carbonyl (C=O) groups is 1. The summed E-state index contributed by atoms with van der Waals surface area (Å²) in [5.41, 5.74) is 4.58. The van der Waals surface area contributed by atoms with Crippen molar-refractivity contribution in [2.24, 2.45) is 0 Å². The topological polar surface area (TPSA) is 26.3 Å². The van der Waals surface area contributed by atoms with Gasteiger partial charge in [-0.3, -0.25) is 4.79 Å². The number of Topliss-reactive ketones (excluding diaryl/α,β-unsaturated/α-hetero) is 1. The van der Waals surface area contributed by atoms with Gasteiger partial charge in [-0.05, 0) is 56.2 Å². The smallest absolute Gasteiger partial charge is 0.193 e. The molecule has 0 unspecified atom stereocenters. The van der Waals surface area contributed by atoms with E-state index in [1.165, 1.54) is 0 Å². The van der Waals surface area contributed by atoms with Gasteiger partial charge in [-0.15, -0.1) is 0 Å². The summed E-state index contributed by atoms with van der Waals surface area (Å²) in [6.07, 6.45) is 0. The first kappa shape index (κ1) is 15.0. The van der Waals surface area contributed by atoms with Gasteiger partial charge in [-0.25, -0.2) is 0 Å². The summed E-state index contributed by atoms with van der Waals surface area (Å²) in [6.45, 7) is 5.98. The van der Waals surface area contributed by atoms with Crippen LogP contribution in [-0.2, 0) is 0 Å². The molecule has 0 aromatic heterocycles. The lowest BCUT2D eigenvalue weighted by molar-refractivity contribution is 0.105. The largest absolute Gasteiger partial charge is 0.497 e. The predicted octanol–water partition coefficient (Wildman–Crippen LogP) is 4.68. The second kappa shape index (κ2) is 6.40. The number of methoxy groups -OCH3 is 1. The first-order valence-corrected chi connectivity index (χ1v) is 6.97. The Morgan fingerprint density at radius 3 is 2.10 bits per heavy atom. The zero-order valence-electron chi connectivity index (χ0n) is 12.9. The molecule has 0 saturated carbocycles. The van der Waals surface area contributed by atoms with Crippen LogP contribution in [0.5, 0.6) is 5.75 Å². The minimum absolute atomic E-state index is 0.0481. The number of hydrogen-bond donors (Lipinski definition) is 0. The van der Waals surface area contributed by atoms with E-state index in [4.69, 9.17) is 4.74 Å². The molecule has 2 nitrogen and oxygen atoms in total. The number of aryl methyl sites for hydroxylation is 1. The Bertz CT molecular complexity index is 675. The summed E-state index contributed by atoms with van der Waals surface area (Å²) in [4.78, 5) is 12.8.